The van der Waals surface area contributed by atoms with Crippen LogP contribution in [-0.2, 0) is 9.59 Å². The molecule has 0 bridgehead atoms. The number of hydrogen-bond donors (Lipinski definition) is 1. The fourth-order valence-electron chi connectivity index (χ4n) is 2.39. The number of para-hydroxylation sites is 1. The van der Waals surface area contributed by atoms with Gasteiger partial charge >= 0.3 is 0 Å². The first kappa shape index (κ1) is 17.4. The molecular weight excluding hydrogens is 304 g/mol. The minimum absolute atomic E-state index is 0.0728. The van der Waals surface area contributed by atoms with Crippen molar-refractivity contribution in [3.8, 4) is 0 Å². The van der Waals surface area contributed by atoms with Gasteiger partial charge in [-0.1, -0.05) is 30.3 Å². The van der Waals surface area contributed by atoms with Gasteiger partial charge in [0.15, 0.2) is 5.78 Å². The normalized spacial score (nSPS) is 10.1. The second kappa shape index (κ2) is 7.55. The maximum Gasteiger partial charge on any atom is 0.244 e. The molecule has 0 unspecified atom stereocenters. The SMILES string of the molecule is CC(=O)c1cccc(NC(=O)CN(C(C)=O)c2ccccc2C)c1. The molecule has 2 aromatic rings. The summed E-state index contributed by atoms with van der Waals surface area (Å²) >= 11 is 0. The van der Waals surface area contributed by atoms with Crippen LogP contribution in [-0.4, -0.2) is 24.1 Å². The number of anilines is 2. The zero-order chi connectivity index (χ0) is 17.7. The monoisotopic (exact) mass is 324 g/mol. The van der Waals surface area contributed by atoms with Crippen molar-refractivity contribution in [1.82, 2.24) is 0 Å². The van der Waals surface area contributed by atoms with E-state index in [1.165, 1.54) is 18.7 Å². The zero-order valence-corrected chi connectivity index (χ0v) is 14.0. The molecule has 0 aliphatic rings. The number of amides is 2. The van der Waals surface area contributed by atoms with Crippen molar-refractivity contribution in [3.63, 3.8) is 0 Å². The summed E-state index contributed by atoms with van der Waals surface area (Å²) in [5.41, 5.74) is 2.67. The molecule has 0 aliphatic carbocycles. The van der Waals surface area contributed by atoms with Gasteiger partial charge in [0.05, 0.1) is 0 Å². The van der Waals surface area contributed by atoms with E-state index >= 15 is 0 Å². The predicted octanol–water partition coefficient (Wildman–Crippen LogP) is 3.19. The van der Waals surface area contributed by atoms with Gasteiger partial charge in [-0.2, -0.15) is 0 Å². The van der Waals surface area contributed by atoms with Crippen LogP contribution in [0.3, 0.4) is 0 Å². The predicted molar refractivity (Wildman–Crippen MR) is 94.3 cm³/mol. The number of ketones is 1. The number of nitrogens with zero attached hydrogens (tertiary/aromatic N) is 1. The van der Waals surface area contributed by atoms with Crippen LogP contribution in [0.5, 0.6) is 0 Å². The zero-order valence-electron chi connectivity index (χ0n) is 14.0. The fourth-order valence-corrected chi connectivity index (χ4v) is 2.39. The van der Waals surface area contributed by atoms with Gasteiger partial charge in [-0.25, -0.2) is 0 Å². The highest BCUT2D eigenvalue weighted by atomic mass is 16.2. The second-order valence-electron chi connectivity index (χ2n) is 5.58. The number of benzene rings is 2. The third-order valence-electron chi connectivity index (χ3n) is 3.64. The Labute approximate surface area is 141 Å². The van der Waals surface area contributed by atoms with Gasteiger partial charge in [0.1, 0.15) is 6.54 Å². The highest BCUT2D eigenvalue weighted by Crippen LogP contribution is 2.19. The average molecular weight is 324 g/mol. The lowest BCUT2D eigenvalue weighted by molar-refractivity contribution is -0.120. The molecule has 0 fully saturated rings. The van der Waals surface area contributed by atoms with Crippen LogP contribution >= 0.6 is 0 Å². The standard InChI is InChI=1S/C19H20N2O3/c1-13-7-4-5-10-18(13)21(15(3)23)12-19(24)20-17-9-6-8-16(11-17)14(2)22/h4-11H,12H2,1-3H3,(H,20,24). The molecule has 0 atom stereocenters. The van der Waals surface area contributed by atoms with Crippen LogP contribution in [0.1, 0.15) is 29.8 Å². The van der Waals surface area contributed by atoms with Gasteiger partial charge in [0.2, 0.25) is 11.8 Å². The van der Waals surface area contributed by atoms with Gasteiger partial charge in [-0.05, 0) is 37.6 Å². The number of aryl methyl sites for hydroxylation is 1. The van der Waals surface area contributed by atoms with E-state index < -0.39 is 0 Å². The van der Waals surface area contributed by atoms with Gasteiger partial charge in [-0.3, -0.25) is 14.4 Å². The maximum absolute atomic E-state index is 12.3. The van der Waals surface area contributed by atoms with E-state index in [0.29, 0.717) is 16.9 Å². The number of Topliss-reactive ketones (excluding diaryl/α,β-unsaturated/α-hetero) is 1. The van der Waals surface area contributed by atoms with E-state index in [-0.39, 0.29) is 24.1 Å². The molecule has 0 saturated carbocycles. The minimum Gasteiger partial charge on any atom is -0.325 e. The average Bonchev–Trinajstić information content (AvgIpc) is 2.53. The molecule has 0 heterocycles. The van der Waals surface area contributed by atoms with Crippen molar-refractivity contribution in [2.45, 2.75) is 20.8 Å². The van der Waals surface area contributed by atoms with Gasteiger partial charge in [0.25, 0.3) is 0 Å². The molecule has 2 amide bonds. The number of carbonyl (C=O) groups is 3. The quantitative estimate of drug-likeness (QED) is 0.859. The lowest BCUT2D eigenvalue weighted by atomic mass is 10.1. The summed E-state index contributed by atoms with van der Waals surface area (Å²) in [7, 11) is 0. The minimum atomic E-state index is -0.325. The van der Waals surface area contributed by atoms with E-state index in [4.69, 9.17) is 0 Å². The topological polar surface area (TPSA) is 66.5 Å². The first-order valence-electron chi connectivity index (χ1n) is 7.63. The van der Waals surface area contributed by atoms with E-state index in [1.807, 2.05) is 25.1 Å². The van der Waals surface area contributed by atoms with E-state index in [0.717, 1.165) is 5.56 Å². The van der Waals surface area contributed by atoms with Gasteiger partial charge < -0.3 is 10.2 Å². The molecule has 2 aromatic carbocycles. The van der Waals surface area contributed by atoms with Gasteiger partial charge in [-0.15, -0.1) is 0 Å². The molecule has 0 aliphatic heterocycles. The van der Waals surface area contributed by atoms with Crippen molar-refractivity contribution in [1.29, 1.82) is 0 Å². The van der Waals surface area contributed by atoms with Gasteiger partial charge in [0, 0.05) is 23.9 Å². The summed E-state index contributed by atoms with van der Waals surface area (Å²) in [6, 6.07) is 14.1. The van der Waals surface area contributed by atoms with Crippen LogP contribution in [0, 0.1) is 6.92 Å². The number of nitrogens with one attached hydrogen (secondary N) is 1. The third-order valence-corrected chi connectivity index (χ3v) is 3.64. The Morgan fingerprint density at radius 2 is 1.71 bits per heavy atom. The Kier molecular flexibility index (Phi) is 5.47. The Morgan fingerprint density at radius 3 is 2.33 bits per heavy atom. The summed E-state index contributed by atoms with van der Waals surface area (Å²) in [4.78, 5) is 37.1. The second-order valence-corrected chi connectivity index (χ2v) is 5.58. The summed E-state index contributed by atoms with van der Waals surface area (Å²) in [5.74, 6) is -0.609. The summed E-state index contributed by atoms with van der Waals surface area (Å²) < 4.78 is 0. The number of hydrogen-bond acceptors (Lipinski definition) is 3. The Balaban J connectivity index is 2.15. The molecule has 1 N–H and O–H groups in total. The van der Waals surface area contributed by atoms with Crippen LogP contribution in [0.15, 0.2) is 48.5 Å². The number of rotatable bonds is 5. The molecule has 0 radical (unpaired) electrons. The Morgan fingerprint density at radius 1 is 1.00 bits per heavy atom. The first-order chi connectivity index (χ1) is 11.4. The van der Waals surface area contributed by atoms with Crippen LogP contribution < -0.4 is 10.2 Å². The molecule has 0 spiro atoms. The number of carbonyl (C=O) groups excluding carboxylic acids is 3. The molecule has 0 aromatic heterocycles. The summed E-state index contributed by atoms with van der Waals surface area (Å²) in [5, 5.41) is 2.73. The van der Waals surface area contributed by atoms with E-state index in [9.17, 15) is 14.4 Å². The first-order valence-corrected chi connectivity index (χ1v) is 7.63. The summed E-state index contributed by atoms with van der Waals surface area (Å²) in [6.07, 6.45) is 0. The summed E-state index contributed by atoms with van der Waals surface area (Å²) in [6.45, 7) is 4.69. The van der Waals surface area contributed by atoms with Crippen molar-refractivity contribution < 1.29 is 14.4 Å². The Bertz CT molecular complexity index is 784. The van der Waals surface area contributed by atoms with E-state index in [1.54, 1.807) is 30.3 Å². The molecule has 5 heteroatoms. The van der Waals surface area contributed by atoms with Crippen molar-refractivity contribution in [2.75, 3.05) is 16.8 Å². The smallest absolute Gasteiger partial charge is 0.244 e. The van der Waals surface area contributed by atoms with Crippen LogP contribution in [0.4, 0.5) is 11.4 Å². The molecule has 5 nitrogen and oxygen atoms in total. The maximum atomic E-state index is 12.3. The highest BCUT2D eigenvalue weighted by Gasteiger charge is 2.17. The van der Waals surface area contributed by atoms with Crippen LogP contribution in [0.2, 0.25) is 0 Å². The Hall–Kier alpha value is -2.95. The molecular formula is C19H20N2O3. The molecule has 2 rings (SSSR count). The lowest BCUT2D eigenvalue weighted by Crippen LogP contribution is -2.37. The van der Waals surface area contributed by atoms with Crippen molar-refractivity contribution in [3.05, 3.63) is 59.7 Å². The third kappa shape index (κ3) is 4.29. The largest absolute Gasteiger partial charge is 0.325 e. The van der Waals surface area contributed by atoms with Crippen molar-refractivity contribution >= 4 is 29.0 Å². The van der Waals surface area contributed by atoms with E-state index in [2.05, 4.69) is 5.32 Å². The highest BCUT2D eigenvalue weighted by molar-refractivity contribution is 6.03. The molecule has 0 saturated heterocycles. The fraction of sp³-hybridized carbons (Fsp3) is 0.211. The molecule has 124 valence electrons. The van der Waals surface area contributed by atoms with Crippen LogP contribution in [0.25, 0.3) is 0 Å². The molecule has 24 heavy (non-hydrogen) atoms. The van der Waals surface area contributed by atoms with Crippen molar-refractivity contribution in [2.24, 2.45) is 0 Å². The lowest BCUT2D eigenvalue weighted by Gasteiger charge is -2.22.